The number of benzene rings is 1. The fourth-order valence-corrected chi connectivity index (χ4v) is 4.59. The van der Waals surface area contributed by atoms with Crippen LogP contribution in [0.25, 0.3) is 0 Å². The van der Waals surface area contributed by atoms with E-state index >= 15 is 0 Å². The average Bonchev–Trinajstić information content (AvgIpc) is 2.85. The Bertz CT molecular complexity index is 797. The van der Waals surface area contributed by atoms with Crippen molar-refractivity contribution < 1.29 is 4.79 Å². The first-order valence-corrected chi connectivity index (χ1v) is 10.5. The molecule has 1 aliphatic rings. The molecular formula is C20H27N3O2S. The van der Waals surface area contributed by atoms with E-state index in [4.69, 9.17) is 0 Å². The minimum absolute atomic E-state index is 0.0550. The maximum Gasteiger partial charge on any atom is 0.270 e. The Balaban J connectivity index is 1.93. The Labute approximate surface area is 158 Å². The number of thioether (sulfide) groups is 1. The Kier molecular flexibility index (Phi) is 6.25. The van der Waals surface area contributed by atoms with Gasteiger partial charge in [-0.3, -0.25) is 19.4 Å². The lowest BCUT2D eigenvalue weighted by Gasteiger charge is -2.17. The van der Waals surface area contributed by atoms with Crippen LogP contribution in [0.2, 0.25) is 0 Å². The topological polar surface area (TPSA) is 66.9 Å². The van der Waals surface area contributed by atoms with Gasteiger partial charge in [0.25, 0.3) is 5.56 Å². The van der Waals surface area contributed by atoms with E-state index in [2.05, 4.69) is 24.3 Å². The summed E-state index contributed by atoms with van der Waals surface area (Å²) in [4.78, 5) is 25.0. The Morgan fingerprint density at radius 1 is 1.19 bits per heavy atom. The predicted octanol–water partition coefficient (Wildman–Crippen LogP) is 4.48. The number of nitrogens with one attached hydrogen (secondary N) is 2. The van der Waals surface area contributed by atoms with Crippen molar-refractivity contribution >= 4 is 23.5 Å². The monoisotopic (exact) mass is 373 g/mol. The van der Waals surface area contributed by atoms with Crippen molar-refractivity contribution in [3.63, 3.8) is 0 Å². The highest BCUT2D eigenvalue weighted by Gasteiger charge is 2.31. The molecule has 5 nitrogen and oxygen atoms in total. The van der Waals surface area contributed by atoms with E-state index in [0.29, 0.717) is 17.1 Å². The fourth-order valence-electron chi connectivity index (χ4n) is 3.46. The van der Waals surface area contributed by atoms with Crippen LogP contribution in [-0.4, -0.2) is 21.4 Å². The van der Waals surface area contributed by atoms with Crippen LogP contribution in [0.3, 0.4) is 0 Å². The second-order valence-corrected chi connectivity index (χ2v) is 8.01. The summed E-state index contributed by atoms with van der Waals surface area (Å²) in [7, 11) is 0. The number of carbonyl (C=O) groups is 1. The SMILES string of the molecule is CCCCCCC(C)n1[nH]c(=O)c2c1NC(=O)CSC2c1ccccc1. The Hall–Kier alpha value is -1.95. The van der Waals surface area contributed by atoms with Gasteiger partial charge in [-0.25, -0.2) is 0 Å². The van der Waals surface area contributed by atoms with Crippen LogP contribution in [0, 0.1) is 0 Å². The molecule has 1 aromatic carbocycles. The van der Waals surface area contributed by atoms with Crippen molar-refractivity contribution in [3.05, 3.63) is 51.8 Å². The molecule has 2 aromatic rings. The third-order valence-electron chi connectivity index (χ3n) is 4.88. The van der Waals surface area contributed by atoms with Crippen molar-refractivity contribution in [3.8, 4) is 0 Å². The number of amides is 1. The number of unbranched alkanes of at least 4 members (excludes halogenated alkanes) is 3. The van der Waals surface area contributed by atoms with E-state index in [0.717, 1.165) is 18.4 Å². The van der Waals surface area contributed by atoms with Gasteiger partial charge in [-0.05, 0) is 18.9 Å². The van der Waals surface area contributed by atoms with Crippen LogP contribution in [0.1, 0.15) is 68.4 Å². The molecule has 0 saturated carbocycles. The molecule has 1 aromatic heterocycles. The molecule has 2 atom stereocenters. The maximum absolute atomic E-state index is 12.8. The van der Waals surface area contributed by atoms with Crippen molar-refractivity contribution in [2.45, 2.75) is 57.2 Å². The predicted molar refractivity (Wildman–Crippen MR) is 108 cm³/mol. The van der Waals surface area contributed by atoms with Crippen molar-refractivity contribution in [1.82, 2.24) is 9.78 Å². The maximum atomic E-state index is 12.8. The zero-order chi connectivity index (χ0) is 18.5. The van der Waals surface area contributed by atoms with E-state index in [1.54, 1.807) is 0 Å². The van der Waals surface area contributed by atoms with Gasteiger partial charge in [0.1, 0.15) is 5.82 Å². The van der Waals surface area contributed by atoms with E-state index in [1.807, 2.05) is 35.0 Å². The highest BCUT2D eigenvalue weighted by molar-refractivity contribution is 8.00. The lowest BCUT2D eigenvalue weighted by Crippen LogP contribution is -2.18. The number of aromatic amines is 1. The van der Waals surface area contributed by atoms with Gasteiger partial charge in [-0.2, -0.15) is 0 Å². The normalized spacial score (nSPS) is 18.1. The van der Waals surface area contributed by atoms with Crippen LogP contribution in [0.5, 0.6) is 0 Å². The van der Waals surface area contributed by atoms with Crippen molar-refractivity contribution in [2.75, 3.05) is 11.1 Å². The average molecular weight is 374 g/mol. The molecule has 1 aliphatic heterocycles. The highest BCUT2D eigenvalue weighted by Crippen LogP contribution is 2.40. The summed E-state index contributed by atoms with van der Waals surface area (Å²) in [5.41, 5.74) is 1.60. The summed E-state index contributed by atoms with van der Waals surface area (Å²) in [5.74, 6) is 0.931. The number of H-pyrrole nitrogens is 1. The van der Waals surface area contributed by atoms with Gasteiger partial charge < -0.3 is 5.32 Å². The van der Waals surface area contributed by atoms with Crippen LogP contribution in [0.4, 0.5) is 5.82 Å². The minimum atomic E-state index is -0.137. The van der Waals surface area contributed by atoms with Gasteiger partial charge in [-0.1, -0.05) is 62.9 Å². The number of anilines is 1. The van der Waals surface area contributed by atoms with E-state index < -0.39 is 0 Å². The molecule has 26 heavy (non-hydrogen) atoms. The quantitative estimate of drug-likeness (QED) is 0.703. The lowest BCUT2D eigenvalue weighted by molar-refractivity contribution is -0.113. The summed E-state index contributed by atoms with van der Waals surface area (Å²) in [5, 5.41) is 5.81. The number of hydrogen-bond donors (Lipinski definition) is 2. The third-order valence-corrected chi connectivity index (χ3v) is 6.15. The molecule has 0 saturated heterocycles. The largest absolute Gasteiger partial charge is 0.310 e. The fraction of sp³-hybridized carbons (Fsp3) is 0.500. The van der Waals surface area contributed by atoms with Gasteiger partial charge >= 0.3 is 0 Å². The lowest BCUT2D eigenvalue weighted by atomic mass is 10.1. The van der Waals surface area contributed by atoms with Crippen molar-refractivity contribution in [2.24, 2.45) is 0 Å². The minimum Gasteiger partial charge on any atom is -0.310 e. The molecule has 3 rings (SSSR count). The standard InChI is InChI=1S/C20H27N3O2S/c1-3-4-5-7-10-14(2)23-19-17(20(25)22-23)18(26-13-16(24)21-19)15-11-8-6-9-12-15/h6,8-9,11-12,14,18H,3-5,7,10,13H2,1-2H3,(H,21,24)(H,22,25). The first kappa shape index (κ1) is 18.8. The van der Waals surface area contributed by atoms with Crippen LogP contribution >= 0.6 is 11.8 Å². The smallest absolute Gasteiger partial charge is 0.270 e. The number of fused-ring (bicyclic) bond motifs is 1. The third kappa shape index (κ3) is 4.06. The molecule has 0 bridgehead atoms. The summed E-state index contributed by atoms with van der Waals surface area (Å²) in [6.07, 6.45) is 5.74. The van der Waals surface area contributed by atoms with Gasteiger partial charge in [0.05, 0.1) is 16.6 Å². The molecule has 0 radical (unpaired) electrons. The van der Waals surface area contributed by atoms with E-state index in [1.165, 1.54) is 31.0 Å². The van der Waals surface area contributed by atoms with Crippen LogP contribution in [-0.2, 0) is 4.79 Å². The number of nitrogens with zero attached hydrogens (tertiary/aromatic N) is 1. The molecule has 2 N–H and O–H groups in total. The zero-order valence-corrected chi connectivity index (χ0v) is 16.3. The van der Waals surface area contributed by atoms with Gasteiger partial charge in [0.15, 0.2) is 0 Å². The molecule has 0 fully saturated rings. The molecule has 6 heteroatoms. The second kappa shape index (κ2) is 8.62. The second-order valence-electron chi connectivity index (χ2n) is 6.92. The summed E-state index contributed by atoms with van der Waals surface area (Å²) >= 11 is 1.51. The van der Waals surface area contributed by atoms with E-state index in [-0.39, 0.29) is 22.8 Å². The number of carbonyl (C=O) groups excluding carboxylic acids is 1. The number of rotatable bonds is 7. The van der Waals surface area contributed by atoms with Gasteiger partial charge in [0, 0.05) is 6.04 Å². The van der Waals surface area contributed by atoms with Gasteiger partial charge in [-0.15, -0.1) is 11.8 Å². The molecule has 2 heterocycles. The summed E-state index contributed by atoms with van der Waals surface area (Å²) in [6, 6.07) is 10.1. The molecular weight excluding hydrogens is 346 g/mol. The molecule has 1 amide bonds. The first-order valence-electron chi connectivity index (χ1n) is 9.42. The zero-order valence-electron chi connectivity index (χ0n) is 15.5. The summed E-state index contributed by atoms with van der Waals surface area (Å²) < 4.78 is 1.86. The molecule has 140 valence electrons. The number of hydrogen-bond acceptors (Lipinski definition) is 3. The van der Waals surface area contributed by atoms with E-state index in [9.17, 15) is 9.59 Å². The van der Waals surface area contributed by atoms with Crippen LogP contribution in [0.15, 0.2) is 35.1 Å². The summed E-state index contributed by atoms with van der Waals surface area (Å²) in [6.45, 7) is 4.30. The highest BCUT2D eigenvalue weighted by atomic mass is 32.2. The first-order chi connectivity index (χ1) is 12.6. The number of aromatic nitrogens is 2. The van der Waals surface area contributed by atoms with Crippen LogP contribution < -0.4 is 10.9 Å². The molecule has 0 spiro atoms. The van der Waals surface area contributed by atoms with Crippen molar-refractivity contribution in [1.29, 1.82) is 0 Å². The van der Waals surface area contributed by atoms with Gasteiger partial charge in [0.2, 0.25) is 5.91 Å². The molecule has 0 aliphatic carbocycles. The Morgan fingerprint density at radius 2 is 1.96 bits per heavy atom. The Morgan fingerprint density at radius 3 is 2.69 bits per heavy atom. The molecule has 2 unspecified atom stereocenters.